The molecule has 0 bridgehead atoms. The number of amides is 4. The number of likely N-dealkylation sites (tertiary alicyclic amines) is 1. The Kier molecular flexibility index (Phi) is 5.70. The van der Waals surface area contributed by atoms with Crippen LogP contribution in [0, 0.1) is 0 Å². The molecule has 128 valence electrons. The van der Waals surface area contributed by atoms with Crippen molar-refractivity contribution in [2.24, 2.45) is 5.73 Å². The second kappa shape index (κ2) is 7.54. The molecule has 0 aromatic heterocycles. The maximum atomic E-state index is 12.2. The smallest absolute Gasteiger partial charge is 0.242 e. The van der Waals surface area contributed by atoms with Gasteiger partial charge in [-0.05, 0) is 6.42 Å². The van der Waals surface area contributed by atoms with Crippen molar-refractivity contribution in [1.29, 1.82) is 0 Å². The number of hydrogen-bond acceptors (Lipinski definition) is 5. The Morgan fingerprint density at radius 2 is 1.57 bits per heavy atom. The quantitative estimate of drug-likeness (QED) is 0.649. The zero-order chi connectivity index (χ0) is 17.0. The average Bonchev–Trinajstić information content (AvgIpc) is 2.86. The molecule has 2 heterocycles. The monoisotopic (exact) mass is 324 g/mol. The van der Waals surface area contributed by atoms with Crippen LogP contribution in [0.25, 0.3) is 0 Å². The summed E-state index contributed by atoms with van der Waals surface area (Å²) in [6.45, 7) is 3.46. The van der Waals surface area contributed by atoms with Crippen LogP contribution in [-0.2, 0) is 19.2 Å². The first-order valence-corrected chi connectivity index (χ1v) is 8.09. The number of carbonyl (C=O) groups excluding carboxylic acids is 4. The molecule has 2 aliphatic rings. The molecule has 1 unspecified atom stereocenters. The van der Waals surface area contributed by atoms with E-state index in [-0.39, 0.29) is 43.0 Å². The Balaban J connectivity index is 1.82. The molecule has 8 nitrogen and oxygen atoms in total. The lowest BCUT2D eigenvalue weighted by molar-refractivity contribution is -0.147. The van der Waals surface area contributed by atoms with Gasteiger partial charge in [0.2, 0.25) is 23.6 Å². The van der Waals surface area contributed by atoms with E-state index in [0.717, 1.165) is 11.3 Å². The number of rotatable bonds is 5. The number of nitrogens with zero attached hydrogens (tertiary/aromatic N) is 3. The van der Waals surface area contributed by atoms with E-state index < -0.39 is 6.04 Å². The van der Waals surface area contributed by atoms with E-state index in [4.69, 9.17) is 5.73 Å². The molecule has 2 fully saturated rings. The molecule has 2 aliphatic heterocycles. The van der Waals surface area contributed by atoms with Crippen LogP contribution in [0.4, 0.5) is 0 Å². The summed E-state index contributed by atoms with van der Waals surface area (Å²) in [6.07, 6.45) is 1.87. The SMILES string of the molecule is CCCC(N)C(=O)N1CCN(C(=O)CN2C(=O)CCC2=O)CC1. The normalized spacial score (nSPS) is 20.2. The van der Waals surface area contributed by atoms with Gasteiger partial charge in [0.25, 0.3) is 0 Å². The van der Waals surface area contributed by atoms with E-state index in [0.29, 0.717) is 32.6 Å². The highest BCUT2D eigenvalue weighted by atomic mass is 16.2. The molecule has 0 aromatic carbocycles. The summed E-state index contributed by atoms with van der Waals surface area (Å²) in [6, 6.07) is -0.484. The second-order valence-electron chi connectivity index (χ2n) is 5.97. The Morgan fingerprint density at radius 1 is 1.04 bits per heavy atom. The van der Waals surface area contributed by atoms with Gasteiger partial charge in [-0.15, -0.1) is 0 Å². The Hall–Kier alpha value is -1.96. The summed E-state index contributed by atoms with van der Waals surface area (Å²) in [5.41, 5.74) is 5.84. The van der Waals surface area contributed by atoms with E-state index in [1.165, 1.54) is 0 Å². The van der Waals surface area contributed by atoms with Crippen LogP contribution >= 0.6 is 0 Å². The second-order valence-corrected chi connectivity index (χ2v) is 5.97. The fourth-order valence-electron chi connectivity index (χ4n) is 2.88. The van der Waals surface area contributed by atoms with Gasteiger partial charge >= 0.3 is 0 Å². The highest BCUT2D eigenvalue weighted by molar-refractivity contribution is 6.04. The maximum Gasteiger partial charge on any atom is 0.242 e. The third kappa shape index (κ3) is 4.07. The Bertz CT molecular complexity index is 484. The van der Waals surface area contributed by atoms with Gasteiger partial charge in [0.15, 0.2) is 0 Å². The van der Waals surface area contributed by atoms with E-state index in [1.807, 2.05) is 6.92 Å². The van der Waals surface area contributed by atoms with Gasteiger partial charge in [0.1, 0.15) is 6.54 Å². The van der Waals surface area contributed by atoms with Crippen LogP contribution < -0.4 is 5.73 Å². The van der Waals surface area contributed by atoms with Gasteiger partial charge in [0.05, 0.1) is 6.04 Å². The molecule has 0 saturated carbocycles. The van der Waals surface area contributed by atoms with E-state index >= 15 is 0 Å². The summed E-state index contributed by atoms with van der Waals surface area (Å²) >= 11 is 0. The molecule has 8 heteroatoms. The van der Waals surface area contributed by atoms with Crippen molar-refractivity contribution in [1.82, 2.24) is 14.7 Å². The van der Waals surface area contributed by atoms with Gasteiger partial charge in [0, 0.05) is 39.0 Å². The summed E-state index contributed by atoms with van der Waals surface area (Å²) in [5, 5.41) is 0. The van der Waals surface area contributed by atoms with E-state index in [2.05, 4.69) is 0 Å². The van der Waals surface area contributed by atoms with Crippen molar-refractivity contribution >= 4 is 23.6 Å². The van der Waals surface area contributed by atoms with Crippen molar-refractivity contribution in [2.45, 2.75) is 38.6 Å². The highest BCUT2D eigenvalue weighted by Gasteiger charge is 2.33. The molecule has 0 aromatic rings. The summed E-state index contributed by atoms with van der Waals surface area (Å²) in [5.74, 6) is -0.909. The summed E-state index contributed by atoms with van der Waals surface area (Å²) in [7, 11) is 0. The minimum atomic E-state index is -0.484. The average molecular weight is 324 g/mol. The van der Waals surface area contributed by atoms with Gasteiger partial charge in [-0.25, -0.2) is 0 Å². The number of imide groups is 1. The Morgan fingerprint density at radius 3 is 2.09 bits per heavy atom. The zero-order valence-corrected chi connectivity index (χ0v) is 13.5. The fourth-order valence-corrected chi connectivity index (χ4v) is 2.88. The molecular weight excluding hydrogens is 300 g/mol. The topological polar surface area (TPSA) is 104 Å². The molecule has 2 saturated heterocycles. The van der Waals surface area contributed by atoms with Crippen LogP contribution in [0.5, 0.6) is 0 Å². The molecular formula is C15H24N4O4. The lowest BCUT2D eigenvalue weighted by Crippen LogP contribution is -2.55. The predicted octanol–water partition coefficient (Wildman–Crippen LogP) is -1.07. The number of nitrogens with two attached hydrogens (primary N) is 1. The zero-order valence-electron chi connectivity index (χ0n) is 13.5. The van der Waals surface area contributed by atoms with Crippen molar-refractivity contribution < 1.29 is 19.2 Å². The molecule has 2 rings (SSSR count). The van der Waals surface area contributed by atoms with Crippen LogP contribution in [0.15, 0.2) is 0 Å². The van der Waals surface area contributed by atoms with Gasteiger partial charge in [-0.1, -0.05) is 13.3 Å². The molecule has 0 spiro atoms. The van der Waals surface area contributed by atoms with Crippen molar-refractivity contribution in [3.8, 4) is 0 Å². The fraction of sp³-hybridized carbons (Fsp3) is 0.733. The number of carbonyl (C=O) groups is 4. The van der Waals surface area contributed by atoms with Gasteiger partial charge < -0.3 is 15.5 Å². The van der Waals surface area contributed by atoms with Crippen molar-refractivity contribution in [3.63, 3.8) is 0 Å². The van der Waals surface area contributed by atoms with E-state index in [1.54, 1.807) is 9.80 Å². The molecule has 4 amide bonds. The minimum absolute atomic E-state index is 0.0798. The predicted molar refractivity (Wildman–Crippen MR) is 82.0 cm³/mol. The van der Waals surface area contributed by atoms with E-state index in [9.17, 15) is 19.2 Å². The molecule has 0 radical (unpaired) electrons. The maximum absolute atomic E-state index is 12.2. The summed E-state index contributed by atoms with van der Waals surface area (Å²) < 4.78 is 0. The van der Waals surface area contributed by atoms with Gasteiger partial charge in [-0.2, -0.15) is 0 Å². The molecule has 0 aliphatic carbocycles. The van der Waals surface area contributed by atoms with Crippen molar-refractivity contribution in [2.75, 3.05) is 32.7 Å². The first-order chi connectivity index (χ1) is 10.9. The highest BCUT2D eigenvalue weighted by Crippen LogP contribution is 2.13. The molecule has 23 heavy (non-hydrogen) atoms. The number of hydrogen-bond donors (Lipinski definition) is 1. The van der Waals surface area contributed by atoms with Crippen molar-refractivity contribution in [3.05, 3.63) is 0 Å². The first-order valence-electron chi connectivity index (χ1n) is 8.09. The summed E-state index contributed by atoms with van der Waals surface area (Å²) in [4.78, 5) is 51.7. The van der Waals surface area contributed by atoms with Crippen LogP contribution in [0.2, 0.25) is 0 Å². The third-order valence-corrected chi connectivity index (χ3v) is 4.31. The molecule has 1 atom stereocenters. The lowest BCUT2D eigenvalue weighted by atomic mass is 10.1. The first kappa shape index (κ1) is 17.4. The van der Waals surface area contributed by atoms with Crippen LogP contribution in [0.1, 0.15) is 32.6 Å². The Labute approximate surface area is 135 Å². The lowest BCUT2D eigenvalue weighted by Gasteiger charge is -2.36. The minimum Gasteiger partial charge on any atom is -0.338 e. The van der Waals surface area contributed by atoms with Crippen LogP contribution in [0.3, 0.4) is 0 Å². The molecule has 2 N–H and O–H groups in total. The number of piperazine rings is 1. The largest absolute Gasteiger partial charge is 0.338 e. The third-order valence-electron chi connectivity index (χ3n) is 4.31. The van der Waals surface area contributed by atoms with Gasteiger partial charge in [-0.3, -0.25) is 24.1 Å². The van der Waals surface area contributed by atoms with Crippen LogP contribution in [-0.4, -0.2) is 77.1 Å². The standard InChI is InChI=1S/C15H24N4O4/c1-2-3-11(16)15(23)18-8-6-17(7-9-18)14(22)10-19-12(20)4-5-13(19)21/h11H,2-10,16H2,1H3.